The Hall–Kier alpha value is -1.92. The van der Waals surface area contributed by atoms with Crippen LogP contribution < -0.4 is 5.32 Å². The molecule has 6 heteroatoms. The third-order valence-corrected chi connectivity index (χ3v) is 3.34. The summed E-state index contributed by atoms with van der Waals surface area (Å²) in [6.07, 6.45) is 0.288. The Morgan fingerprint density at radius 2 is 1.95 bits per heavy atom. The maximum Gasteiger partial charge on any atom is 0.255 e. The van der Waals surface area contributed by atoms with Crippen molar-refractivity contribution in [3.8, 4) is 5.75 Å². The van der Waals surface area contributed by atoms with Gasteiger partial charge in [0.1, 0.15) is 11.5 Å². The van der Waals surface area contributed by atoms with Crippen LogP contribution in [0, 0.1) is 0 Å². The molecule has 1 aromatic carbocycles. The number of Topliss-reactive ketones (excluding diaryl/α,β-unsaturated/α-hetero) is 1. The number of phenolic OH excluding ortho intramolecular Hbond substituents is 1. The Kier molecular flexibility index (Phi) is 5.71. The summed E-state index contributed by atoms with van der Waals surface area (Å²) in [5.74, 6) is -0.337. The molecule has 114 valence electrons. The zero-order chi connectivity index (χ0) is 15.1. The van der Waals surface area contributed by atoms with E-state index in [1.807, 2.05) is 0 Å². The van der Waals surface area contributed by atoms with Gasteiger partial charge in [0, 0.05) is 26.1 Å². The van der Waals surface area contributed by atoms with Gasteiger partial charge in [0.05, 0.1) is 25.3 Å². The van der Waals surface area contributed by atoms with E-state index in [0.717, 1.165) is 13.1 Å². The van der Waals surface area contributed by atoms with Crippen LogP contribution in [0.25, 0.3) is 0 Å². The van der Waals surface area contributed by atoms with E-state index in [9.17, 15) is 14.7 Å². The highest BCUT2D eigenvalue weighted by atomic mass is 16.5. The van der Waals surface area contributed by atoms with Crippen LogP contribution in [0.15, 0.2) is 24.3 Å². The number of carbonyl (C=O) groups is 2. The van der Waals surface area contributed by atoms with Gasteiger partial charge in [0.25, 0.3) is 5.91 Å². The van der Waals surface area contributed by atoms with E-state index in [0.29, 0.717) is 19.8 Å². The molecule has 1 aliphatic heterocycles. The second kappa shape index (κ2) is 7.75. The first-order valence-corrected chi connectivity index (χ1v) is 7.05. The highest BCUT2D eigenvalue weighted by Crippen LogP contribution is 2.14. The van der Waals surface area contributed by atoms with E-state index in [1.54, 1.807) is 18.2 Å². The molecule has 6 nitrogen and oxygen atoms in total. The Bertz CT molecular complexity index is 498. The van der Waals surface area contributed by atoms with Gasteiger partial charge in [0.2, 0.25) is 0 Å². The average Bonchev–Trinajstić information content (AvgIpc) is 2.48. The summed E-state index contributed by atoms with van der Waals surface area (Å²) in [6.45, 7) is 3.55. The number of hydrogen-bond acceptors (Lipinski definition) is 5. The number of ketones is 1. The number of carbonyl (C=O) groups excluding carboxylic acids is 2. The van der Waals surface area contributed by atoms with Crippen molar-refractivity contribution < 1.29 is 19.4 Å². The van der Waals surface area contributed by atoms with Gasteiger partial charge < -0.3 is 15.2 Å². The average molecular weight is 292 g/mol. The number of para-hydroxylation sites is 1. The highest BCUT2D eigenvalue weighted by molar-refractivity contribution is 5.97. The Balaban J connectivity index is 1.70. The van der Waals surface area contributed by atoms with Crippen molar-refractivity contribution in [3.63, 3.8) is 0 Å². The summed E-state index contributed by atoms with van der Waals surface area (Å²) >= 11 is 0. The molecule has 1 heterocycles. The molecule has 0 aromatic heterocycles. The summed E-state index contributed by atoms with van der Waals surface area (Å²) in [5, 5.41) is 12.2. The lowest BCUT2D eigenvalue weighted by Gasteiger charge is -2.25. The molecule has 1 aliphatic rings. The van der Waals surface area contributed by atoms with Crippen molar-refractivity contribution in [3.05, 3.63) is 29.8 Å². The van der Waals surface area contributed by atoms with E-state index >= 15 is 0 Å². The fourth-order valence-corrected chi connectivity index (χ4v) is 2.16. The number of aromatic hydroxyl groups is 1. The third-order valence-electron chi connectivity index (χ3n) is 3.34. The lowest BCUT2D eigenvalue weighted by molar-refractivity contribution is -0.121. The minimum Gasteiger partial charge on any atom is -0.507 e. The van der Waals surface area contributed by atoms with Crippen LogP contribution in [-0.2, 0) is 9.53 Å². The third kappa shape index (κ3) is 4.84. The van der Waals surface area contributed by atoms with Crippen molar-refractivity contribution in [1.29, 1.82) is 0 Å². The van der Waals surface area contributed by atoms with Gasteiger partial charge in [-0.05, 0) is 12.1 Å². The molecule has 0 unspecified atom stereocenters. The van der Waals surface area contributed by atoms with Gasteiger partial charge in [-0.2, -0.15) is 0 Å². The molecule has 0 aliphatic carbocycles. The van der Waals surface area contributed by atoms with Crippen LogP contribution in [0.5, 0.6) is 5.75 Å². The Morgan fingerprint density at radius 1 is 1.24 bits per heavy atom. The van der Waals surface area contributed by atoms with Gasteiger partial charge in [-0.3, -0.25) is 14.5 Å². The first-order valence-electron chi connectivity index (χ1n) is 7.05. The molecule has 0 spiro atoms. The molecule has 1 saturated heterocycles. The van der Waals surface area contributed by atoms with Crippen LogP contribution in [0.3, 0.4) is 0 Å². The minimum atomic E-state index is -0.368. The molecular weight excluding hydrogens is 272 g/mol. The van der Waals surface area contributed by atoms with Gasteiger partial charge in [-0.15, -0.1) is 0 Å². The second-order valence-corrected chi connectivity index (χ2v) is 4.95. The zero-order valence-electron chi connectivity index (χ0n) is 11.9. The maximum atomic E-state index is 11.8. The molecule has 0 radical (unpaired) electrons. The number of amides is 1. The summed E-state index contributed by atoms with van der Waals surface area (Å²) in [4.78, 5) is 25.7. The quantitative estimate of drug-likeness (QED) is 0.794. The Labute approximate surface area is 123 Å². The number of nitrogens with zero attached hydrogens (tertiary/aromatic N) is 1. The zero-order valence-corrected chi connectivity index (χ0v) is 11.9. The van der Waals surface area contributed by atoms with Gasteiger partial charge >= 0.3 is 0 Å². The minimum absolute atomic E-state index is 0.0605. The molecule has 1 aromatic rings. The molecule has 1 amide bonds. The smallest absolute Gasteiger partial charge is 0.255 e. The van der Waals surface area contributed by atoms with Gasteiger partial charge in [-0.1, -0.05) is 12.1 Å². The predicted molar refractivity (Wildman–Crippen MR) is 77.3 cm³/mol. The van der Waals surface area contributed by atoms with E-state index in [1.165, 1.54) is 6.07 Å². The summed E-state index contributed by atoms with van der Waals surface area (Å²) in [7, 11) is 0. The number of rotatable bonds is 6. The highest BCUT2D eigenvalue weighted by Gasteiger charge is 2.15. The van der Waals surface area contributed by atoms with Crippen molar-refractivity contribution in [1.82, 2.24) is 10.2 Å². The summed E-state index contributed by atoms with van der Waals surface area (Å²) in [5.41, 5.74) is 0.220. The monoisotopic (exact) mass is 292 g/mol. The van der Waals surface area contributed by atoms with Crippen LogP contribution in [0.1, 0.15) is 16.8 Å². The predicted octanol–water partition coefficient (Wildman–Crippen LogP) is 0.413. The number of phenols is 1. The second-order valence-electron chi connectivity index (χ2n) is 4.95. The summed E-state index contributed by atoms with van der Waals surface area (Å²) < 4.78 is 5.22. The number of ether oxygens (including phenoxy) is 1. The van der Waals surface area contributed by atoms with Crippen molar-refractivity contribution in [2.45, 2.75) is 6.42 Å². The van der Waals surface area contributed by atoms with Crippen LogP contribution in [0.2, 0.25) is 0 Å². The lowest BCUT2D eigenvalue weighted by Crippen LogP contribution is -2.40. The fraction of sp³-hybridized carbons (Fsp3) is 0.467. The number of nitrogens with one attached hydrogen (secondary N) is 1. The maximum absolute atomic E-state index is 11.8. The SMILES string of the molecule is O=C(CCNC(=O)c1ccccc1O)CN1CCOCC1. The standard InChI is InChI=1S/C15H20N2O4/c18-12(11-17-7-9-21-10-8-17)5-6-16-15(20)13-3-1-2-4-14(13)19/h1-4,19H,5-11H2,(H,16,20). The number of hydrogen-bond donors (Lipinski definition) is 2. The van der Waals surface area contributed by atoms with Gasteiger partial charge in [-0.25, -0.2) is 0 Å². The lowest BCUT2D eigenvalue weighted by atomic mass is 10.2. The molecule has 0 saturated carbocycles. The number of morpholine rings is 1. The normalized spacial score (nSPS) is 15.6. The first-order chi connectivity index (χ1) is 10.2. The molecular formula is C15H20N2O4. The molecule has 1 fully saturated rings. The van der Waals surface area contributed by atoms with E-state index in [2.05, 4.69) is 10.2 Å². The van der Waals surface area contributed by atoms with Gasteiger partial charge in [0.15, 0.2) is 0 Å². The Morgan fingerprint density at radius 3 is 2.67 bits per heavy atom. The topological polar surface area (TPSA) is 78.9 Å². The van der Waals surface area contributed by atoms with E-state index in [4.69, 9.17) is 4.74 Å². The fourth-order valence-electron chi connectivity index (χ4n) is 2.16. The van der Waals surface area contributed by atoms with E-state index in [-0.39, 0.29) is 36.0 Å². The molecule has 21 heavy (non-hydrogen) atoms. The molecule has 0 bridgehead atoms. The van der Waals surface area contributed by atoms with Crippen LogP contribution in [0.4, 0.5) is 0 Å². The van der Waals surface area contributed by atoms with Crippen LogP contribution in [-0.4, -0.2) is 61.1 Å². The molecule has 2 rings (SSSR count). The largest absolute Gasteiger partial charge is 0.507 e. The summed E-state index contributed by atoms with van der Waals surface area (Å²) in [6, 6.07) is 6.33. The van der Waals surface area contributed by atoms with Crippen molar-refractivity contribution in [2.75, 3.05) is 39.4 Å². The molecule has 0 atom stereocenters. The number of benzene rings is 1. The first kappa shape index (κ1) is 15.5. The molecule has 2 N–H and O–H groups in total. The van der Waals surface area contributed by atoms with Crippen LogP contribution >= 0.6 is 0 Å². The van der Waals surface area contributed by atoms with Crippen molar-refractivity contribution >= 4 is 11.7 Å². The van der Waals surface area contributed by atoms with Crippen molar-refractivity contribution in [2.24, 2.45) is 0 Å². The van der Waals surface area contributed by atoms with E-state index < -0.39 is 0 Å².